The lowest BCUT2D eigenvalue weighted by atomic mass is 10.1. The summed E-state index contributed by atoms with van der Waals surface area (Å²) in [6.45, 7) is 4.06. The largest absolute Gasteiger partial charge is 0.326 e. The lowest BCUT2D eigenvalue weighted by Gasteiger charge is -2.01. The molecule has 2 aromatic carbocycles. The highest BCUT2D eigenvalue weighted by Crippen LogP contribution is 2.25. The molecule has 0 fully saturated rings. The van der Waals surface area contributed by atoms with Crippen molar-refractivity contribution in [3.05, 3.63) is 70.1 Å². The molecule has 0 spiro atoms. The zero-order valence-corrected chi connectivity index (χ0v) is 11.9. The van der Waals surface area contributed by atoms with Crippen LogP contribution in [-0.2, 0) is 0 Å². The van der Waals surface area contributed by atoms with Gasteiger partial charge in [-0.05, 0) is 43.2 Å². The summed E-state index contributed by atoms with van der Waals surface area (Å²) >= 11 is 0. The predicted molar refractivity (Wildman–Crippen MR) is 84.7 cm³/mol. The van der Waals surface area contributed by atoms with Crippen LogP contribution in [0.1, 0.15) is 11.1 Å². The first-order chi connectivity index (χ1) is 10.1. The zero-order valence-electron chi connectivity index (χ0n) is 11.9. The minimum atomic E-state index is -0.115. The third-order valence-electron chi connectivity index (χ3n) is 3.27. The van der Waals surface area contributed by atoms with Gasteiger partial charge in [0.2, 0.25) is 0 Å². The van der Waals surface area contributed by atoms with Gasteiger partial charge in [0.1, 0.15) is 5.69 Å². The number of hydrogen-bond donors (Lipinski definition) is 1. The fourth-order valence-corrected chi connectivity index (χ4v) is 2.40. The molecule has 3 aromatic rings. The number of azo groups is 1. The number of benzene rings is 2. The van der Waals surface area contributed by atoms with Crippen molar-refractivity contribution in [1.29, 1.82) is 0 Å². The first-order valence-corrected chi connectivity index (χ1v) is 6.74. The summed E-state index contributed by atoms with van der Waals surface area (Å²) in [6, 6.07) is 13.4. The minimum absolute atomic E-state index is 0.115. The molecule has 0 unspecified atom stereocenters. The minimum Gasteiger partial charge on any atom is -0.326 e. The van der Waals surface area contributed by atoms with Crippen molar-refractivity contribution in [3.63, 3.8) is 0 Å². The first-order valence-electron chi connectivity index (χ1n) is 6.74. The van der Waals surface area contributed by atoms with Crippen molar-refractivity contribution in [1.82, 2.24) is 4.98 Å². The van der Waals surface area contributed by atoms with Gasteiger partial charge < -0.3 is 4.98 Å². The van der Waals surface area contributed by atoms with Crippen LogP contribution < -0.4 is 5.56 Å². The fraction of sp³-hybridized carbons (Fsp3) is 0.118. The highest BCUT2D eigenvalue weighted by molar-refractivity contribution is 5.91. The molecule has 1 aromatic heterocycles. The molecule has 21 heavy (non-hydrogen) atoms. The lowest BCUT2D eigenvalue weighted by molar-refractivity contribution is 1.19. The Morgan fingerprint density at radius 2 is 1.57 bits per heavy atom. The standard InChI is InChI=1S/C17H15N3O/c1-11-7-12(2)9-13(8-11)19-20-16-10-18-17(21)15-6-4-3-5-14(15)16/h3-10H,1-2H3,(H,18,21). The second-order valence-corrected chi connectivity index (χ2v) is 5.09. The average Bonchev–Trinajstić information content (AvgIpc) is 2.46. The number of rotatable bonds is 2. The fourth-order valence-electron chi connectivity index (χ4n) is 2.40. The number of nitrogens with one attached hydrogen (secondary N) is 1. The van der Waals surface area contributed by atoms with E-state index in [0.29, 0.717) is 11.1 Å². The van der Waals surface area contributed by atoms with Crippen LogP contribution in [0.5, 0.6) is 0 Å². The number of aromatic amines is 1. The molecule has 0 saturated carbocycles. The Labute approximate surface area is 122 Å². The van der Waals surface area contributed by atoms with Gasteiger partial charge in [0.05, 0.1) is 5.69 Å². The monoisotopic (exact) mass is 277 g/mol. The van der Waals surface area contributed by atoms with Crippen LogP contribution in [-0.4, -0.2) is 4.98 Å². The van der Waals surface area contributed by atoms with E-state index in [1.807, 2.05) is 44.2 Å². The van der Waals surface area contributed by atoms with E-state index in [4.69, 9.17) is 0 Å². The Bertz CT molecular complexity index is 874. The summed E-state index contributed by atoms with van der Waals surface area (Å²) in [5.41, 5.74) is 3.65. The van der Waals surface area contributed by atoms with Gasteiger partial charge in [0.15, 0.2) is 0 Å². The van der Waals surface area contributed by atoms with E-state index in [9.17, 15) is 4.79 Å². The molecule has 0 atom stereocenters. The summed E-state index contributed by atoms with van der Waals surface area (Å²) in [4.78, 5) is 14.5. The van der Waals surface area contributed by atoms with Gasteiger partial charge in [-0.25, -0.2) is 0 Å². The van der Waals surface area contributed by atoms with Crippen LogP contribution >= 0.6 is 0 Å². The maximum atomic E-state index is 11.8. The van der Waals surface area contributed by atoms with Crippen LogP contribution in [0.3, 0.4) is 0 Å². The maximum Gasteiger partial charge on any atom is 0.255 e. The van der Waals surface area contributed by atoms with E-state index in [2.05, 4.69) is 21.3 Å². The van der Waals surface area contributed by atoms with Crippen LogP contribution in [0.2, 0.25) is 0 Å². The van der Waals surface area contributed by atoms with Gasteiger partial charge >= 0.3 is 0 Å². The van der Waals surface area contributed by atoms with Crippen molar-refractivity contribution < 1.29 is 0 Å². The summed E-state index contributed by atoms with van der Waals surface area (Å²) in [5, 5.41) is 9.98. The normalized spacial score (nSPS) is 11.3. The van der Waals surface area contributed by atoms with Crippen molar-refractivity contribution in [2.45, 2.75) is 13.8 Å². The SMILES string of the molecule is Cc1cc(C)cc(N=Nc2c[nH]c(=O)c3ccccc23)c1. The molecule has 0 saturated heterocycles. The second kappa shape index (κ2) is 5.32. The van der Waals surface area contributed by atoms with E-state index < -0.39 is 0 Å². The number of aromatic nitrogens is 1. The lowest BCUT2D eigenvalue weighted by Crippen LogP contribution is -2.04. The van der Waals surface area contributed by atoms with Crippen molar-refractivity contribution in [2.75, 3.05) is 0 Å². The number of H-pyrrole nitrogens is 1. The molecule has 0 aliphatic rings. The number of pyridine rings is 1. The maximum absolute atomic E-state index is 11.8. The number of nitrogens with zero attached hydrogens (tertiary/aromatic N) is 2. The van der Waals surface area contributed by atoms with Gasteiger partial charge in [-0.3, -0.25) is 4.79 Å². The molecular weight excluding hydrogens is 262 g/mol. The highest BCUT2D eigenvalue weighted by Gasteiger charge is 2.03. The molecular formula is C17H15N3O. The number of aryl methyl sites for hydroxylation is 2. The third-order valence-corrected chi connectivity index (χ3v) is 3.27. The van der Waals surface area contributed by atoms with Crippen LogP contribution in [0.25, 0.3) is 10.8 Å². The second-order valence-electron chi connectivity index (χ2n) is 5.09. The Kier molecular flexibility index (Phi) is 3.36. The molecule has 0 aliphatic heterocycles. The molecule has 0 amide bonds. The Morgan fingerprint density at radius 1 is 0.905 bits per heavy atom. The van der Waals surface area contributed by atoms with Gasteiger partial charge in [0.25, 0.3) is 5.56 Å². The zero-order chi connectivity index (χ0) is 14.8. The van der Waals surface area contributed by atoms with Crippen LogP contribution in [0.15, 0.2) is 63.7 Å². The van der Waals surface area contributed by atoms with E-state index in [-0.39, 0.29) is 5.56 Å². The highest BCUT2D eigenvalue weighted by atomic mass is 16.1. The molecule has 0 bridgehead atoms. The Morgan fingerprint density at radius 3 is 2.29 bits per heavy atom. The third kappa shape index (κ3) is 2.74. The average molecular weight is 277 g/mol. The first kappa shape index (κ1) is 13.2. The van der Waals surface area contributed by atoms with Crippen molar-refractivity contribution >= 4 is 22.1 Å². The number of fused-ring (bicyclic) bond motifs is 1. The summed E-state index contributed by atoms with van der Waals surface area (Å²) < 4.78 is 0. The van der Waals surface area contributed by atoms with Gasteiger partial charge in [-0.2, -0.15) is 5.11 Å². The van der Waals surface area contributed by atoms with Crippen LogP contribution in [0, 0.1) is 13.8 Å². The molecule has 1 heterocycles. The van der Waals surface area contributed by atoms with Gasteiger partial charge in [0, 0.05) is 17.0 Å². The van der Waals surface area contributed by atoms with E-state index in [0.717, 1.165) is 22.2 Å². The Balaban J connectivity index is 2.07. The van der Waals surface area contributed by atoms with E-state index >= 15 is 0 Å². The Hall–Kier alpha value is -2.75. The van der Waals surface area contributed by atoms with Crippen LogP contribution in [0.4, 0.5) is 11.4 Å². The molecule has 104 valence electrons. The number of hydrogen-bond acceptors (Lipinski definition) is 3. The van der Waals surface area contributed by atoms with E-state index in [1.165, 1.54) is 0 Å². The molecule has 4 heteroatoms. The summed E-state index contributed by atoms with van der Waals surface area (Å²) in [5.74, 6) is 0. The molecule has 0 radical (unpaired) electrons. The predicted octanol–water partition coefficient (Wildman–Crippen LogP) is 4.56. The summed E-state index contributed by atoms with van der Waals surface area (Å²) in [7, 11) is 0. The molecule has 4 nitrogen and oxygen atoms in total. The molecule has 3 rings (SSSR count). The quantitative estimate of drug-likeness (QED) is 0.686. The smallest absolute Gasteiger partial charge is 0.255 e. The molecule has 1 N–H and O–H groups in total. The molecule has 0 aliphatic carbocycles. The summed E-state index contributed by atoms with van der Waals surface area (Å²) in [6.07, 6.45) is 1.59. The topological polar surface area (TPSA) is 57.6 Å². The van der Waals surface area contributed by atoms with Gasteiger partial charge in [-0.1, -0.05) is 24.3 Å². The van der Waals surface area contributed by atoms with E-state index in [1.54, 1.807) is 12.3 Å². The van der Waals surface area contributed by atoms with Gasteiger partial charge in [-0.15, -0.1) is 5.11 Å². The van der Waals surface area contributed by atoms with Crippen molar-refractivity contribution in [3.8, 4) is 0 Å². The van der Waals surface area contributed by atoms with Crippen molar-refractivity contribution in [2.24, 2.45) is 10.2 Å².